The Hall–Kier alpha value is -0.530. The van der Waals surface area contributed by atoms with E-state index in [1.165, 1.54) is 0 Å². The minimum absolute atomic E-state index is 0.115. The van der Waals surface area contributed by atoms with E-state index >= 15 is 0 Å². The molecule has 0 radical (unpaired) electrons. The molecule has 0 aromatic carbocycles. The van der Waals surface area contributed by atoms with Crippen LogP contribution in [0, 0.1) is 5.92 Å². The second-order valence-electron chi connectivity index (χ2n) is 4.63. The Labute approximate surface area is 113 Å². The molecule has 0 bridgehead atoms. The minimum atomic E-state index is -3.89. The smallest absolute Gasteiger partial charge is 0.422 e. The molecular formula is C10H19ClN2O4S. The summed E-state index contributed by atoms with van der Waals surface area (Å²) in [7, 11) is -3.89. The quantitative estimate of drug-likeness (QED) is 0.751. The molecular weight excluding hydrogens is 280 g/mol. The number of halogens is 1. The molecule has 0 aliphatic heterocycles. The van der Waals surface area contributed by atoms with E-state index in [0.29, 0.717) is 5.88 Å². The molecule has 0 heterocycles. The van der Waals surface area contributed by atoms with Gasteiger partial charge in [-0.05, 0) is 32.6 Å². The predicted octanol–water partition coefficient (Wildman–Crippen LogP) is 1.36. The number of alkyl halides is 1. The highest BCUT2D eigenvalue weighted by atomic mass is 35.5. The van der Waals surface area contributed by atoms with Gasteiger partial charge in [-0.2, -0.15) is 13.1 Å². The van der Waals surface area contributed by atoms with Gasteiger partial charge >= 0.3 is 16.3 Å². The van der Waals surface area contributed by atoms with E-state index in [4.69, 9.17) is 16.3 Å². The van der Waals surface area contributed by atoms with Crippen LogP contribution in [-0.4, -0.2) is 32.5 Å². The first-order chi connectivity index (χ1) is 8.34. The molecule has 2 unspecified atom stereocenters. The maximum atomic E-state index is 11.7. The molecule has 2 N–H and O–H groups in total. The third-order valence-corrected chi connectivity index (χ3v) is 4.17. The molecule has 1 fully saturated rings. The van der Waals surface area contributed by atoms with Crippen LogP contribution in [0.15, 0.2) is 0 Å². The van der Waals surface area contributed by atoms with Gasteiger partial charge in [-0.1, -0.05) is 6.42 Å². The maximum Gasteiger partial charge on any atom is 0.422 e. The van der Waals surface area contributed by atoms with Gasteiger partial charge < -0.3 is 4.74 Å². The van der Waals surface area contributed by atoms with Gasteiger partial charge in [0.2, 0.25) is 0 Å². The SMILES string of the molecule is CC(C)OC(=O)NS(=O)(=O)NC1CCCC1CCl. The van der Waals surface area contributed by atoms with Crippen molar-refractivity contribution in [1.82, 2.24) is 9.44 Å². The summed E-state index contributed by atoms with van der Waals surface area (Å²) in [5.74, 6) is 0.522. The fourth-order valence-electron chi connectivity index (χ4n) is 1.95. The van der Waals surface area contributed by atoms with Crippen molar-refractivity contribution in [2.75, 3.05) is 5.88 Å². The molecule has 0 aromatic heterocycles. The molecule has 1 aliphatic rings. The molecule has 1 amide bonds. The van der Waals surface area contributed by atoms with Gasteiger partial charge in [0.05, 0.1) is 6.10 Å². The third kappa shape index (κ3) is 4.99. The normalized spacial score (nSPS) is 24.2. The molecule has 1 rings (SSSR count). The van der Waals surface area contributed by atoms with Crippen molar-refractivity contribution < 1.29 is 17.9 Å². The number of ether oxygens (including phenoxy) is 1. The van der Waals surface area contributed by atoms with E-state index in [1.807, 2.05) is 4.72 Å². The molecule has 0 aromatic rings. The van der Waals surface area contributed by atoms with Gasteiger partial charge in [-0.15, -0.1) is 11.6 Å². The highest BCUT2D eigenvalue weighted by Crippen LogP contribution is 2.26. The van der Waals surface area contributed by atoms with Gasteiger partial charge in [-0.25, -0.2) is 9.52 Å². The average molecular weight is 299 g/mol. The number of hydrogen-bond donors (Lipinski definition) is 2. The van der Waals surface area contributed by atoms with Crippen LogP contribution < -0.4 is 9.44 Å². The number of rotatable bonds is 5. The second-order valence-corrected chi connectivity index (χ2v) is 6.38. The molecule has 2 atom stereocenters. The third-order valence-electron chi connectivity index (χ3n) is 2.72. The Balaban J connectivity index is 2.51. The van der Waals surface area contributed by atoms with Crippen LogP contribution in [0.5, 0.6) is 0 Å². The molecule has 1 aliphatic carbocycles. The standard InChI is InChI=1S/C10H19ClN2O4S/c1-7(2)17-10(14)13-18(15,16)12-9-5-3-4-8(9)6-11/h7-9,12H,3-6H2,1-2H3,(H,13,14). The Morgan fingerprint density at radius 1 is 1.44 bits per heavy atom. The predicted molar refractivity (Wildman–Crippen MR) is 68.7 cm³/mol. The van der Waals surface area contributed by atoms with Crippen molar-refractivity contribution in [3.63, 3.8) is 0 Å². The first-order valence-corrected chi connectivity index (χ1v) is 7.92. The van der Waals surface area contributed by atoms with Crippen LogP contribution in [0.1, 0.15) is 33.1 Å². The number of amides is 1. The average Bonchev–Trinajstić information content (AvgIpc) is 2.61. The summed E-state index contributed by atoms with van der Waals surface area (Å²) >= 11 is 5.76. The number of carbonyl (C=O) groups is 1. The molecule has 0 saturated heterocycles. The van der Waals surface area contributed by atoms with Crippen molar-refractivity contribution in [3.8, 4) is 0 Å². The van der Waals surface area contributed by atoms with Crippen LogP contribution in [0.3, 0.4) is 0 Å². The van der Waals surface area contributed by atoms with Crippen molar-refractivity contribution in [2.45, 2.75) is 45.3 Å². The fraction of sp³-hybridized carbons (Fsp3) is 0.900. The molecule has 6 nitrogen and oxygen atoms in total. The number of hydrogen-bond acceptors (Lipinski definition) is 4. The largest absolute Gasteiger partial charge is 0.446 e. The van der Waals surface area contributed by atoms with E-state index in [-0.39, 0.29) is 18.1 Å². The monoisotopic (exact) mass is 298 g/mol. The van der Waals surface area contributed by atoms with Crippen molar-refractivity contribution >= 4 is 27.9 Å². The van der Waals surface area contributed by atoms with Crippen LogP contribution in [0.4, 0.5) is 4.79 Å². The van der Waals surface area contributed by atoms with Crippen LogP contribution in [0.2, 0.25) is 0 Å². The second kappa shape index (κ2) is 6.58. The van der Waals surface area contributed by atoms with Gasteiger partial charge in [0.15, 0.2) is 0 Å². The highest BCUT2D eigenvalue weighted by molar-refractivity contribution is 7.88. The van der Waals surface area contributed by atoms with Crippen LogP contribution in [-0.2, 0) is 14.9 Å². The van der Waals surface area contributed by atoms with Crippen LogP contribution >= 0.6 is 11.6 Å². The lowest BCUT2D eigenvalue weighted by Crippen LogP contribution is -2.47. The summed E-state index contributed by atoms with van der Waals surface area (Å²) in [5, 5.41) is 0. The van der Waals surface area contributed by atoms with Crippen molar-refractivity contribution in [3.05, 3.63) is 0 Å². The van der Waals surface area contributed by atoms with E-state index in [0.717, 1.165) is 19.3 Å². The van der Waals surface area contributed by atoms with Gasteiger partial charge in [0.25, 0.3) is 0 Å². The first kappa shape index (κ1) is 15.5. The Bertz CT molecular complexity index is 385. The maximum absolute atomic E-state index is 11.7. The zero-order valence-corrected chi connectivity index (χ0v) is 12.1. The Morgan fingerprint density at radius 2 is 2.11 bits per heavy atom. The van der Waals surface area contributed by atoms with E-state index in [1.54, 1.807) is 13.8 Å². The zero-order valence-electron chi connectivity index (χ0n) is 10.5. The molecule has 8 heteroatoms. The zero-order chi connectivity index (χ0) is 13.8. The first-order valence-electron chi connectivity index (χ1n) is 5.90. The highest BCUT2D eigenvalue weighted by Gasteiger charge is 2.30. The summed E-state index contributed by atoms with van der Waals surface area (Å²) in [5.41, 5.74) is 0. The van der Waals surface area contributed by atoms with E-state index in [9.17, 15) is 13.2 Å². The summed E-state index contributed by atoms with van der Waals surface area (Å²) in [4.78, 5) is 11.2. The molecule has 1 saturated carbocycles. The lowest BCUT2D eigenvalue weighted by atomic mass is 10.1. The number of carbonyl (C=O) groups excluding carboxylic acids is 1. The van der Waals surface area contributed by atoms with Gasteiger partial charge in [0, 0.05) is 11.9 Å². The van der Waals surface area contributed by atoms with Gasteiger partial charge in [0.1, 0.15) is 0 Å². The van der Waals surface area contributed by atoms with E-state index in [2.05, 4.69) is 4.72 Å². The summed E-state index contributed by atoms with van der Waals surface area (Å²) in [6.07, 6.45) is 1.21. The lowest BCUT2D eigenvalue weighted by Gasteiger charge is -2.19. The fourth-order valence-corrected chi connectivity index (χ4v) is 3.36. The summed E-state index contributed by atoms with van der Waals surface area (Å²) in [6.45, 7) is 3.28. The van der Waals surface area contributed by atoms with E-state index < -0.39 is 16.3 Å². The molecule has 0 spiro atoms. The van der Waals surface area contributed by atoms with Crippen molar-refractivity contribution in [1.29, 1.82) is 0 Å². The minimum Gasteiger partial charge on any atom is -0.446 e. The Kier molecular flexibility index (Phi) is 5.68. The van der Waals surface area contributed by atoms with Crippen LogP contribution in [0.25, 0.3) is 0 Å². The molecule has 18 heavy (non-hydrogen) atoms. The number of nitrogens with one attached hydrogen (secondary N) is 2. The Morgan fingerprint density at radius 3 is 2.67 bits per heavy atom. The lowest BCUT2D eigenvalue weighted by molar-refractivity contribution is 0.121. The summed E-state index contributed by atoms with van der Waals surface area (Å²) < 4.78 is 32.3. The van der Waals surface area contributed by atoms with Gasteiger partial charge in [-0.3, -0.25) is 0 Å². The molecule has 106 valence electrons. The van der Waals surface area contributed by atoms with Crippen molar-refractivity contribution in [2.24, 2.45) is 5.92 Å². The topological polar surface area (TPSA) is 84.5 Å². The summed E-state index contributed by atoms with van der Waals surface area (Å²) in [6, 6.07) is -0.216.